The molecule has 13 nitrogen and oxygen atoms in total. The summed E-state index contributed by atoms with van der Waals surface area (Å²) in [6.45, 7) is 1.19. The van der Waals surface area contributed by atoms with Gasteiger partial charge in [0.1, 0.15) is 6.07 Å². The number of piperidine rings is 1. The molecule has 55 heavy (non-hydrogen) atoms. The Balaban J connectivity index is 0.000000768. The van der Waals surface area contributed by atoms with E-state index in [1.807, 2.05) is 0 Å². The van der Waals surface area contributed by atoms with Crippen LogP contribution in [0.1, 0.15) is 33.6 Å². The number of carbonyl (C=O) groups is 3. The van der Waals surface area contributed by atoms with Crippen molar-refractivity contribution in [2.24, 2.45) is 5.92 Å². The number of benzene rings is 2. The molecule has 0 spiro atoms. The van der Waals surface area contributed by atoms with Gasteiger partial charge in [-0.2, -0.15) is 22.8 Å². The lowest BCUT2D eigenvalue weighted by Gasteiger charge is -2.32. The minimum atomic E-state index is -4.64. The van der Waals surface area contributed by atoms with Crippen LogP contribution in [0.15, 0.2) is 73.4 Å². The molecule has 0 aliphatic carbocycles. The van der Waals surface area contributed by atoms with E-state index in [1.165, 1.54) is 24.5 Å². The summed E-state index contributed by atoms with van der Waals surface area (Å²) in [7, 11) is 1.00. The van der Waals surface area contributed by atoms with E-state index < -0.39 is 30.7 Å². The van der Waals surface area contributed by atoms with E-state index in [9.17, 15) is 31.5 Å². The summed E-state index contributed by atoms with van der Waals surface area (Å²) < 4.78 is 67.3. The third-order valence-corrected chi connectivity index (χ3v) is 8.35. The lowest BCUT2D eigenvalue weighted by molar-refractivity contribution is -0.156. The minimum absolute atomic E-state index is 0.0545. The number of aliphatic hydroxyl groups excluding tert-OH is 1. The van der Waals surface area contributed by atoms with E-state index in [1.54, 1.807) is 64.3 Å². The summed E-state index contributed by atoms with van der Waals surface area (Å²) in [4.78, 5) is 48.8. The molecular formula is C36H32ClF5N8O5. The molecule has 0 unspecified atom stereocenters. The van der Waals surface area contributed by atoms with Gasteiger partial charge in [0.2, 0.25) is 12.1 Å². The number of aldehydes is 1. The van der Waals surface area contributed by atoms with E-state index in [0.29, 0.717) is 47.9 Å². The zero-order valence-electron chi connectivity index (χ0n) is 28.9. The Labute approximate surface area is 315 Å². The third-order valence-electron chi connectivity index (χ3n) is 8.03. The number of amides is 2. The van der Waals surface area contributed by atoms with Crippen LogP contribution in [0.5, 0.6) is 5.75 Å². The second kappa shape index (κ2) is 19.2. The molecule has 1 aliphatic heterocycles. The number of likely N-dealkylation sites (tertiary alicyclic amines) is 1. The highest BCUT2D eigenvalue weighted by molar-refractivity contribution is 6.34. The molecule has 0 atom stereocenters. The van der Waals surface area contributed by atoms with E-state index in [2.05, 4.69) is 25.6 Å². The Bertz CT molecular complexity index is 2160. The number of hydrogen-bond acceptors (Lipinski definition) is 10. The number of halogens is 6. The second-order valence-corrected chi connectivity index (χ2v) is 11.9. The first kappa shape index (κ1) is 41.6. The molecule has 4 heterocycles. The number of nitriles is 1. The number of alkyl halides is 3. The first-order valence-corrected chi connectivity index (χ1v) is 16.6. The van der Waals surface area contributed by atoms with Crippen LogP contribution >= 0.6 is 11.6 Å². The molecule has 0 radical (unpaired) electrons. The van der Waals surface area contributed by atoms with Gasteiger partial charge in [-0.3, -0.25) is 23.8 Å². The number of anilines is 2. The molecule has 1 aliphatic rings. The maximum atomic E-state index is 15.0. The Morgan fingerprint density at radius 2 is 1.75 bits per heavy atom. The highest BCUT2D eigenvalue weighted by Gasteiger charge is 2.26. The lowest BCUT2D eigenvalue weighted by atomic mass is 9.96. The molecule has 2 aromatic carbocycles. The number of pyridine rings is 1. The molecule has 1 saturated heterocycles. The van der Waals surface area contributed by atoms with E-state index >= 15 is 0 Å². The van der Waals surface area contributed by atoms with Gasteiger partial charge in [-0.25, -0.2) is 14.4 Å². The van der Waals surface area contributed by atoms with Crippen molar-refractivity contribution in [1.82, 2.24) is 29.6 Å². The largest absolute Gasteiger partial charge is 0.476 e. The van der Waals surface area contributed by atoms with Crippen LogP contribution in [0.25, 0.3) is 16.9 Å². The SMILES string of the molecule is CO.N#CCOc1ccc(-c2cnc3c(Nc4ccc(C(=O)N5CCC(CNC(=O)c6ccncc6)CC5)c(Cl)c4)nccn23)c(F)c1F.O=CC(F)(F)F. The van der Waals surface area contributed by atoms with Crippen molar-refractivity contribution in [1.29, 1.82) is 5.26 Å². The van der Waals surface area contributed by atoms with Crippen LogP contribution in [0.4, 0.5) is 33.5 Å². The van der Waals surface area contributed by atoms with Crippen LogP contribution in [0.3, 0.4) is 0 Å². The minimum Gasteiger partial charge on any atom is -0.476 e. The number of imidazole rings is 1. The van der Waals surface area contributed by atoms with Gasteiger partial charge in [0.15, 0.2) is 29.6 Å². The van der Waals surface area contributed by atoms with Crippen LogP contribution in [0, 0.1) is 28.9 Å². The smallest absolute Gasteiger partial charge is 0.446 e. The maximum Gasteiger partial charge on any atom is 0.446 e. The predicted octanol–water partition coefficient (Wildman–Crippen LogP) is 6.01. The summed E-state index contributed by atoms with van der Waals surface area (Å²) >= 11 is 6.57. The molecule has 2 amide bonds. The van der Waals surface area contributed by atoms with Gasteiger partial charge in [-0.05, 0) is 61.2 Å². The first-order chi connectivity index (χ1) is 26.4. The fourth-order valence-corrected chi connectivity index (χ4v) is 5.68. The zero-order chi connectivity index (χ0) is 40.1. The molecule has 288 valence electrons. The summed E-state index contributed by atoms with van der Waals surface area (Å²) in [6, 6.07) is 12.6. The number of carbonyl (C=O) groups excluding carboxylic acids is 3. The van der Waals surface area contributed by atoms with Crippen molar-refractivity contribution in [3.05, 3.63) is 101 Å². The van der Waals surface area contributed by atoms with Crippen LogP contribution in [-0.4, -0.2) is 87.0 Å². The molecule has 0 bridgehead atoms. The molecule has 3 aromatic heterocycles. The lowest BCUT2D eigenvalue weighted by Crippen LogP contribution is -2.41. The number of hydrogen-bond donors (Lipinski definition) is 3. The van der Waals surface area contributed by atoms with Gasteiger partial charge in [0.25, 0.3) is 11.8 Å². The van der Waals surface area contributed by atoms with E-state index in [4.69, 9.17) is 31.5 Å². The number of nitrogens with zero attached hydrogens (tertiary/aromatic N) is 6. The maximum absolute atomic E-state index is 15.0. The van der Waals surface area contributed by atoms with Crippen LogP contribution < -0.4 is 15.4 Å². The highest BCUT2D eigenvalue weighted by Crippen LogP contribution is 2.32. The van der Waals surface area contributed by atoms with Crippen molar-refractivity contribution < 1.29 is 46.2 Å². The molecular weight excluding hydrogens is 755 g/mol. The number of fused-ring (bicyclic) bond motifs is 1. The number of aromatic nitrogens is 4. The standard InChI is InChI=1S/C33H27ClF2N8O3.C2HF3O.CH4O/c34-25-17-22(1-2-23(25)33(46)43-13-7-20(8-14-43)18-41-32(45)21-5-10-38-11-6-21)42-30-31-40-19-26(44(31)15-12-39-30)24-3-4-27(47-16-9-37)29(36)28(24)35;3-2(4,5)1-6;1-2/h1-6,10-12,15,17,19-20H,7-8,13-14,16,18H2,(H,39,42)(H,41,45);1H;2H,1H3. The Hall–Kier alpha value is -6.19. The fraction of sp³-hybridized carbons (Fsp3) is 0.250. The average molecular weight is 787 g/mol. The first-order valence-electron chi connectivity index (χ1n) is 16.2. The van der Waals surface area contributed by atoms with Gasteiger partial charge in [-0.1, -0.05) is 11.6 Å². The zero-order valence-corrected chi connectivity index (χ0v) is 29.6. The summed E-state index contributed by atoms with van der Waals surface area (Å²) in [5.41, 5.74) is 2.00. The number of nitrogens with one attached hydrogen (secondary N) is 2. The van der Waals surface area contributed by atoms with Crippen molar-refractivity contribution in [2.45, 2.75) is 19.0 Å². The Kier molecular flexibility index (Phi) is 14.5. The molecule has 19 heteroatoms. The monoisotopic (exact) mass is 786 g/mol. The van der Waals surface area contributed by atoms with Crippen molar-refractivity contribution >= 4 is 46.9 Å². The quantitative estimate of drug-likeness (QED) is 0.119. The normalized spacial score (nSPS) is 12.7. The second-order valence-electron chi connectivity index (χ2n) is 11.5. The average Bonchev–Trinajstić information content (AvgIpc) is 3.63. The number of rotatable bonds is 9. The number of aliphatic hydroxyl groups is 1. The molecule has 5 aromatic rings. The van der Waals surface area contributed by atoms with Crippen molar-refractivity contribution in [3.63, 3.8) is 0 Å². The topological polar surface area (TPSA) is 175 Å². The summed E-state index contributed by atoms with van der Waals surface area (Å²) in [5, 5.41) is 22.0. The molecule has 1 fully saturated rings. The molecule has 6 rings (SSSR count). The van der Waals surface area contributed by atoms with Crippen molar-refractivity contribution in [2.75, 3.05) is 38.7 Å². The fourth-order valence-electron chi connectivity index (χ4n) is 5.41. The molecule has 0 saturated carbocycles. The molecule has 3 N–H and O–H groups in total. The van der Waals surface area contributed by atoms with Gasteiger partial charge in [-0.15, -0.1) is 0 Å². The Morgan fingerprint density at radius 1 is 1.05 bits per heavy atom. The summed E-state index contributed by atoms with van der Waals surface area (Å²) in [6.07, 6.45) is 3.38. The van der Waals surface area contributed by atoms with Crippen molar-refractivity contribution in [3.8, 4) is 23.1 Å². The Morgan fingerprint density at radius 3 is 2.38 bits per heavy atom. The van der Waals surface area contributed by atoms with Gasteiger partial charge < -0.3 is 25.4 Å². The predicted molar refractivity (Wildman–Crippen MR) is 190 cm³/mol. The van der Waals surface area contributed by atoms with E-state index in [0.717, 1.165) is 20.0 Å². The van der Waals surface area contributed by atoms with Gasteiger partial charge in [0.05, 0.1) is 22.5 Å². The third kappa shape index (κ3) is 10.7. The highest BCUT2D eigenvalue weighted by atomic mass is 35.5. The van der Waals surface area contributed by atoms with Gasteiger partial charge in [0, 0.05) is 68.3 Å². The van der Waals surface area contributed by atoms with Crippen LogP contribution in [-0.2, 0) is 4.79 Å². The summed E-state index contributed by atoms with van der Waals surface area (Å²) in [5.74, 6) is -2.47. The van der Waals surface area contributed by atoms with Crippen LogP contribution in [0.2, 0.25) is 5.02 Å². The number of ether oxygens (including phenoxy) is 1. The van der Waals surface area contributed by atoms with E-state index in [-0.39, 0.29) is 39.8 Å². The van der Waals surface area contributed by atoms with Gasteiger partial charge >= 0.3 is 6.18 Å².